The number of esters is 1. The van der Waals surface area contributed by atoms with E-state index in [2.05, 4.69) is 0 Å². The predicted octanol–water partition coefficient (Wildman–Crippen LogP) is 1.16. The zero-order valence-corrected chi connectivity index (χ0v) is 16.7. The molecule has 0 bridgehead atoms. The summed E-state index contributed by atoms with van der Waals surface area (Å²) in [5, 5.41) is 11.0. The number of carbonyl (C=O) groups is 2. The third-order valence-electron chi connectivity index (χ3n) is 4.70. The molecule has 0 radical (unpaired) electrons. The van der Waals surface area contributed by atoms with Crippen LogP contribution in [0.15, 0.2) is 24.3 Å². The first-order valence-electron chi connectivity index (χ1n) is 8.66. The molecule has 154 valence electrons. The molecule has 1 aliphatic heterocycles. The van der Waals surface area contributed by atoms with Crippen molar-refractivity contribution in [2.75, 3.05) is 30.8 Å². The van der Waals surface area contributed by atoms with Crippen LogP contribution in [-0.4, -0.2) is 62.6 Å². The molecule has 0 spiro atoms. The lowest BCUT2D eigenvalue weighted by Gasteiger charge is -2.35. The monoisotopic (exact) mass is 413 g/mol. The first-order valence-corrected chi connectivity index (χ1v) is 10.5. The number of rotatable bonds is 6. The summed E-state index contributed by atoms with van der Waals surface area (Å²) in [5.41, 5.74) is -0.230. The van der Waals surface area contributed by atoms with E-state index in [-0.39, 0.29) is 23.3 Å². The standard InChI is InChI=1S/C17H23N3O7S/c1-12(16(21)18-9-7-13(8-10-18)17(22)27-2)19(28(3,25)26)14-5-4-6-15(11-14)20(23)24/h4-6,11-13H,7-10H2,1-3H3/t12-/m0/s1. The molecule has 2 rings (SSSR count). The van der Waals surface area contributed by atoms with Crippen molar-refractivity contribution in [1.29, 1.82) is 0 Å². The van der Waals surface area contributed by atoms with Crippen LogP contribution in [0.25, 0.3) is 0 Å². The van der Waals surface area contributed by atoms with Crippen LogP contribution in [0.2, 0.25) is 0 Å². The molecule has 1 heterocycles. The fourth-order valence-electron chi connectivity index (χ4n) is 3.31. The van der Waals surface area contributed by atoms with Gasteiger partial charge >= 0.3 is 5.97 Å². The first kappa shape index (κ1) is 21.6. The van der Waals surface area contributed by atoms with E-state index in [0.717, 1.165) is 16.6 Å². The second-order valence-corrected chi connectivity index (χ2v) is 8.49. The van der Waals surface area contributed by atoms with Crippen LogP contribution < -0.4 is 4.31 Å². The SMILES string of the molecule is COC(=O)C1CCN(C(=O)[C@H](C)N(c2cccc([N+](=O)[O-])c2)S(C)(=O)=O)CC1. The quantitative estimate of drug-likeness (QED) is 0.389. The maximum atomic E-state index is 12.9. The average Bonchev–Trinajstić information content (AvgIpc) is 2.66. The number of carbonyl (C=O) groups excluding carboxylic acids is 2. The number of hydrogen-bond acceptors (Lipinski definition) is 7. The van der Waals surface area contributed by atoms with Gasteiger partial charge in [0.1, 0.15) is 6.04 Å². The van der Waals surface area contributed by atoms with E-state index in [1.165, 1.54) is 37.1 Å². The van der Waals surface area contributed by atoms with Crippen molar-refractivity contribution in [3.63, 3.8) is 0 Å². The Kier molecular flexibility index (Phi) is 6.60. The van der Waals surface area contributed by atoms with Gasteiger partial charge in [-0.15, -0.1) is 0 Å². The third-order valence-corrected chi connectivity index (χ3v) is 5.94. The number of likely N-dealkylation sites (tertiary alicyclic amines) is 1. The van der Waals surface area contributed by atoms with Crippen LogP contribution >= 0.6 is 0 Å². The Morgan fingerprint density at radius 1 is 1.32 bits per heavy atom. The molecule has 0 aromatic heterocycles. The van der Waals surface area contributed by atoms with E-state index in [0.29, 0.717) is 25.9 Å². The molecule has 1 aromatic carbocycles. The number of sulfonamides is 1. The van der Waals surface area contributed by atoms with Crippen molar-refractivity contribution in [1.82, 2.24) is 4.90 Å². The number of piperidine rings is 1. The van der Waals surface area contributed by atoms with E-state index in [1.54, 1.807) is 0 Å². The van der Waals surface area contributed by atoms with Gasteiger partial charge in [-0.1, -0.05) is 6.07 Å². The van der Waals surface area contributed by atoms with E-state index in [1.807, 2.05) is 0 Å². The van der Waals surface area contributed by atoms with Crippen LogP contribution in [0.5, 0.6) is 0 Å². The number of hydrogen-bond donors (Lipinski definition) is 0. The number of amides is 1. The minimum Gasteiger partial charge on any atom is -0.469 e. The fraction of sp³-hybridized carbons (Fsp3) is 0.529. The Morgan fingerprint density at radius 3 is 2.43 bits per heavy atom. The van der Waals surface area contributed by atoms with Crippen molar-refractivity contribution in [3.8, 4) is 0 Å². The van der Waals surface area contributed by atoms with Gasteiger partial charge in [0.05, 0.1) is 29.9 Å². The largest absolute Gasteiger partial charge is 0.469 e. The summed E-state index contributed by atoms with van der Waals surface area (Å²) in [6.45, 7) is 2.04. The molecule has 1 fully saturated rings. The summed E-state index contributed by atoms with van der Waals surface area (Å²) in [5.74, 6) is -1.04. The lowest BCUT2D eigenvalue weighted by atomic mass is 9.96. The number of nitrogens with zero attached hydrogens (tertiary/aromatic N) is 3. The Morgan fingerprint density at radius 2 is 1.93 bits per heavy atom. The average molecular weight is 413 g/mol. The number of methoxy groups -OCH3 is 1. The molecule has 1 aromatic rings. The second kappa shape index (κ2) is 8.55. The van der Waals surface area contributed by atoms with Crippen LogP contribution in [0.3, 0.4) is 0 Å². The molecule has 0 saturated carbocycles. The summed E-state index contributed by atoms with van der Waals surface area (Å²) in [6.07, 6.45) is 1.81. The van der Waals surface area contributed by atoms with Gasteiger partial charge in [-0.25, -0.2) is 8.42 Å². The molecule has 0 unspecified atom stereocenters. The van der Waals surface area contributed by atoms with Gasteiger partial charge in [-0.05, 0) is 25.8 Å². The minimum absolute atomic E-state index is 0.0435. The number of nitro groups is 1. The lowest BCUT2D eigenvalue weighted by molar-refractivity contribution is -0.384. The Balaban J connectivity index is 2.23. The number of nitro benzene ring substituents is 1. The number of anilines is 1. The highest BCUT2D eigenvalue weighted by molar-refractivity contribution is 7.92. The molecule has 0 N–H and O–H groups in total. The topological polar surface area (TPSA) is 127 Å². The van der Waals surface area contributed by atoms with E-state index >= 15 is 0 Å². The van der Waals surface area contributed by atoms with Crippen molar-refractivity contribution >= 4 is 33.3 Å². The molecule has 11 heteroatoms. The highest BCUT2D eigenvalue weighted by Gasteiger charge is 2.35. The summed E-state index contributed by atoms with van der Waals surface area (Å²) in [7, 11) is -2.57. The molecule has 1 saturated heterocycles. The minimum atomic E-state index is -3.88. The van der Waals surface area contributed by atoms with Crippen LogP contribution in [0.4, 0.5) is 11.4 Å². The van der Waals surface area contributed by atoms with Gasteiger partial charge in [0.15, 0.2) is 0 Å². The van der Waals surface area contributed by atoms with Crippen LogP contribution in [-0.2, 0) is 24.3 Å². The van der Waals surface area contributed by atoms with Crippen LogP contribution in [0, 0.1) is 16.0 Å². The molecular formula is C17H23N3O7S. The van der Waals surface area contributed by atoms with E-state index < -0.39 is 26.9 Å². The summed E-state index contributed by atoms with van der Waals surface area (Å²) in [6, 6.07) is 4.04. The Hall–Kier alpha value is -2.69. The van der Waals surface area contributed by atoms with E-state index in [9.17, 15) is 28.1 Å². The highest BCUT2D eigenvalue weighted by atomic mass is 32.2. The molecule has 10 nitrogen and oxygen atoms in total. The fourth-order valence-corrected chi connectivity index (χ4v) is 4.47. The van der Waals surface area contributed by atoms with Crippen molar-refractivity contribution < 1.29 is 27.7 Å². The van der Waals surface area contributed by atoms with Gasteiger partial charge in [-0.3, -0.25) is 24.0 Å². The van der Waals surface area contributed by atoms with Gasteiger partial charge in [0.25, 0.3) is 5.69 Å². The zero-order valence-electron chi connectivity index (χ0n) is 15.9. The summed E-state index contributed by atoms with van der Waals surface area (Å²) < 4.78 is 30.3. The maximum absolute atomic E-state index is 12.9. The molecule has 0 aliphatic carbocycles. The van der Waals surface area contributed by atoms with Gasteiger partial charge in [0, 0.05) is 25.2 Å². The van der Waals surface area contributed by atoms with Crippen molar-refractivity contribution in [3.05, 3.63) is 34.4 Å². The predicted molar refractivity (Wildman–Crippen MR) is 101 cm³/mol. The van der Waals surface area contributed by atoms with Gasteiger partial charge in [-0.2, -0.15) is 0 Å². The van der Waals surface area contributed by atoms with Crippen LogP contribution in [0.1, 0.15) is 19.8 Å². The van der Waals surface area contributed by atoms with E-state index in [4.69, 9.17) is 4.74 Å². The molecule has 1 atom stereocenters. The summed E-state index contributed by atoms with van der Waals surface area (Å²) in [4.78, 5) is 36.4. The first-order chi connectivity index (χ1) is 13.1. The molecule has 28 heavy (non-hydrogen) atoms. The van der Waals surface area contributed by atoms with Crippen molar-refractivity contribution in [2.24, 2.45) is 5.92 Å². The maximum Gasteiger partial charge on any atom is 0.308 e. The Bertz CT molecular complexity index is 863. The molecule has 1 amide bonds. The lowest BCUT2D eigenvalue weighted by Crippen LogP contribution is -2.51. The highest BCUT2D eigenvalue weighted by Crippen LogP contribution is 2.27. The smallest absolute Gasteiger partial charge is 0.308 e. The molecular weight excluding hydrogens is 390 g/mol. The number of benzene rings is 1. The summed E-state index contributed by atoms with van der Waals surface area (Å²) >= 11 is 0. The molecule has 1 aliphatic rings. The van der Waals surface area contributed by atoms with Gasteiger partial charge < -0.3 is 9.64 Å². The Labute approximate surface area is 163 Å². The normalized spacial score (nSPS) is 16.3. The number of non-ortho nitro benzene ring substituents is 1. The number of ether oxygens (including phenoxy) is 1. The zero-order chi connectivity index (χ0) is 21.1. The second-order valence-electron chi connectivity index (χ2n) is 6.63. The van der Waals surface area contributed by atoms with Gasteiger partial charge in [0.2, 0.25) is 15.9 Å². The third kappa shape index (κ3) is 4.77. The van der Waals surface area contributed by atoms with Crippen molar-refractivity contribution in [2.45, 2.75) is 25.8 Å².